The lowest BCUT2D eigenvalue weighted by molar-refractivity contribution is -0.152. The van der Waals surface area contributed by atoms with Crippen LogP contribution in [0.2, 0.25) is 0 Å². The summed E-state index contributed by atoms with van der Waals surface area (Å²) in [6.45, 7) is -0.564. The van der Waals surface area contributed by atoms with Crippen molar-refractivity contribution >= 4 is 27.5 Å². The van der Waals surface area contributed by atoms with Crippen LogP contribution in [0.4, 0.5) is 18.9 Å². The number of benzene rings is 1. The van der Waals surface area contributed by atoms with Crippen LogP contribution in [0.15, 0.2) is 27.8 Å². The number of methoxy groups -OCH3 is 1. The number of ether oxygens (including phenoxy) is 1. The summed E-state index contributed by atoms with van der Waals surface area (Å²) >= 11 is 3.20. The number of hydrogen-bond donors (Lipinski definition) is 3. The molecule has 112 valence electrons. The molecule has 1 unspecified atom stereocenters. The molecule has 1 aromatic rings. The molecule has 20 heavy (non-hydrogen) atoms. The van der Waals surface area contributed by atoms with E-state index >= 15 is 0 Å². The van der Waals surface area contributed by atoms with Gasteiger partial charge in [-0.1, -0.05) is 5.16 Å². The number of nitrogens with one attached hydrogen (secondary N) is 1. The van der Waals surface area contributed by atoms with Crippen LogP contribution in [0, 0.1) is 5.92 Å². The van der Waals surface area contributed by atoms with Crippen LogP contribution in [-0.2, 0) is 0 Å². The summed E-state index contributed by atoms with van der Waals surface area (Å²) in [5.74, 6) is -2.50. The fourth-order valence-electron chi connectivity index (χ4n) is 1.44. The average Bonchev–Trinajstić information content (AvgIpc) is 2.39. The Bertz CT molecular complexity index is 494. The van der Waals surface area contributed by atoms with Gasteiger partial charge in [0, 0.05) is 17.1 Å². The van der Waals surface area contributed by atoms with Crippen molar-refractivity contribution in [2.24, 2.45) is 16.8 Å². The van der Waals surface area contributed by atoms with Crippen LogP contribution >= 0.6 is 15.9 Å². The topological polar surface area (TPSA) is 79.9 Å². The number of nitrogens with zero attached hydrogens (tertiary/aromatic N) is 1. The number of halogens is 4. The van der Waals surface area contributed by atoms with E-state index < -0.39 is 24.5 Å². The van der Waals surface area contributed by atoms with Gasteiger partial charge in [-0.2, -0.15) is 13.2 Å². The van der Waals surface area contributed by atoms with Crippen molar-refractivity contribution in [3.8, 4) is 5.75 Å². The molecule has 0 saturated heterocycles. The molecule has 0 bridgehead atoms. The molecule has 0 aromatic heterocycles. The van der Waals surface area contributed by atoms with Crippen LogP contribution in [0.5, 0.6) is 5.75 Å². The van der Waals surface area contributed by atoms with Crippen molar-refractivity contribution < 1.29 is 23.1 Å². The van der Waals surface area contributed by atoms with Gasteiger partial charge in [0.25, 0.3) is 0 Å². The number of hydrogen-bond acceptors (Lipinski definition) is 4. The van der Waals surface area contributed by atoms with E-state index in [4.69, 9.17) is 15.7 Å². The maximum Gasteiger partial charge on any atom is 0.400 e. The van der Waals surface area contributed by atoms with Crippen molar-refractivity contribution in [2.45, 2.75) is 6.18 Å². The number of anilines is 1. The first-order chi connectivity index (χ1) is 9.29. The maximum absolute atomic E-state index is 12.8. The van der Waals surface area contributed by atoms with Gasteiger partial charge in [-0.05, 0) is 28.1 Å². The van der Waals surface area contributed by atoms with E-state index in [0.717, 1.165) is 0 Å². The van der Waals surface area contributed by atoms with Crippen molar-refractivity contribution in [2.75, 3.05) is 19.0 Å². The molecule has 1 atom stereocenters. The quantitative estimate of drug-likeness (QED) is 0.328. The van der Waals surface area contributed by atoms with Gasteiger partial charge in [-0.15, -0.1) is 0 Å². The summed E-state index contributed by atoms with van der Waals surface area (Å²) in [5, 5.41) is 13.4. The largest absolute Gasteiger partial charge is 0.497 e. The molecule has 0 heterocycles. The van der Waals surface area contributed by atoms with Crippen molar-refractivity contribution in [3.63, 3.8) is 0 Å². The average molecular weight is 356 g/mol. The number of rotatable bonds is 5. The summed E-state index contributed by atoms with van der Waals surface area (Å²) < 4.78 is 43.8. The van der Waals surface area contributed by atoms with Gasteiger partial charge >= 0.3 is 6.18 Å². The zero-order valence-electron chi connectivity index (χ0n) is 10.4. The number of oxime groups is 1. The van der Waals surface area contributed by atoms with E-state index in [0.29, 0.717) is 15.9 Å². The minimum absolute atomic E-state index is 0.407. The number of amidine groups is 1. The minimum atomic E-state index is -4.62. The minimum Gasteiger partial charge on any atom is -0.497 e. The van der Waals surface area contributed by atoms with Gasteiger partial charge in [0.15, 0.2) is 5.84 Å². The Morgan fingerprint density at radius 3 is 2.70 bits per heavy atom. The first kappa shape index (κ1) is 16.4. The fourth-order valence-corrected chi connectivity index (χ4v) is 1.82. The van der Waals surface area contributed by atoms with Crippen LogP contribution < -0.4 is 15.8 Å². The molecule has 1 rings (SSSR count). The Kier molecular flexibility index (Phi) is 5.49. The smallest absolute Gasteiger partial charge is 0.400 e. The standard InChI is InChI=1S/C11H13BrF3N3O2/c1-20-6-2-3-8(12)9(4-6)17-5-7(10(16)18-19)11(13,14)15/h2-4,7,17,19H,5H2,1H3,(H2,16,18). The second kappa shape index (κ2) is 6.69. The SMILES string of the molecule is COc1ccc(Br)c(NCC(/C(N)=N/O)C(F)(F)F)c1. The zero-order chi connectivity index (χ0) is 15.3. The first-order valence-electron chi connectivity index (χ1n) is 5.41. The summed E-state index contributed by atoms with van der Waals surface area (Å²) in [5.41, 5.74) is 5.47. The Balaban J connectivity index is 2.88. The van der Waals surface area contributed by atoms with Crippen LogP contribution in [0.1, 0.15) is 0 Å². The van der Waals surface area contributed by atoms with E-state index in [1.54, 1.807) is 12.1 Å². The molecule has 1 aromatic carbocycles. The van der Waals surface area contributed by atoms with Gasteiger partial charge in [-0.25, -0.2) is 0 Å². The summed E-state index contributed by atoms with van der Waals surface area (Å²) in [7, 11) is 1.45. The number of nitrogens with two attached hydrogens (primary N) is 1. The van der Waals surface area contributed by atoms with Crippen molar-refractivity contribution in [3.05, 3.63) is 22.7 Å². The third kappa shape index (κ3) is 4.19. The highest BCUT2D eigenvalue weighted by molar-refractivity contribution is 9.10. The third-order valence-electron chi connectivity index (χ3n) is 2.54. The summed E-state index contributed by atoms with van der Waals surface area (Å²) in [4.78, 5) is 0. The van der Waals surface area contributed by atoms with Crippen molar-refractivity contribution in [1.29, 1.82) is 0 Å². The lowest BCUT2D eigenvalue weighted by Crippen LogP contribution is -2.40. The predicted molar refractivity (Wildman–Crippen MR) is 72.1 cm³/mol. The molecule has 0 saturated carbocycles. The lowest BCUT2D eigenvalue weighted by Gasteiger charge is -2.20. The second-order valence-corrected chi connectivity index (χ2v) is 4.70. The zero-order valence-corrected chi connectivity index (χ0v) is 12.0. The highest BCUT2D eigenvalue weighted by Gasteiger charge is 2.42. The fraction of sp³-hybridized carbons (Fsp3) is 0.364. The summed E-state index contributed by atoms with van der Waals surface area (Å²) in [6.07, 6.45) is -4.62. The molecule has 5 nitrogen and oxygen atoms in total. The van der Waals surface area contributed by atoms with E-state index in [1.165, 1.54) is 13.2 Å². The third-order valence-corrected chi connectivity index (χ3v) is 3.23. The van der Waals surface area contributed by atoms with E-state index in [-0.39, 0.29) is 0 Å². The molecule has 4 N–H and O–H groups in total. The molecule has 0 fully saturated rings. The maximum atomic E-state index is 12.8. The van der Waals surface area contributed by atoms with Gasteiger partial charge in [0.05, 0.1) is 12.8 Å². The van der Waals surface area contributed by atoms with E-state index in [2.05, 4.69) is 26.4 Å². The van der Waals surface area contributed by atoms with Crippen LogP contribution in [-0.4, -0.2) is 30.9 Å². The molecule has 0 aliphatic heterocycles. The normalized spacial score (nSPS) is 13.9. The van der Waals surface area contributed by atoms with Gasteiger partial charge in [0.2, 0.25) is 0 Å². The Morgan fingerprint density at radius 2 is 2.20 bits per heavy atom. The van der Waals surface area contributed by atoms with Crippen LogP contribution in [0.3, 0.4) is 0 Å². The molecule has 9 heteroatoms. The Labute approximate surface area is 121 Å². The number of alkyl halides is 3. The Hall–Kier alpha value is -1.64. The van der Waals surface area contributed by atoms with Crippen LogP contribution in [0.25, 0.3) is 0 Å². The van der Waals surface area contributed by atoms with Gasteiger partial charge in [0.1, 0.15) is 11.7 Å². The van der Waals surface area contributed by atoms with E-state index in [9.17, 15) is 13.2 Å². The molecule has 0 spiro atoms. The Morgan fingerprint density at radius 1 is 1.55 bits per heavy atom. The molecule has 0 aliphatic rings. The molecule has 0 aliphatic carbocycles. The molecular formula is C11H13BrF3N3O2. The van der Waals surface area contributed by atoms with Crippen molar-refractivity contribution in [1.82, 2.24) is 0 Å². The highest BCUT2D eigenvalue weighted by atomic mass is 79.9. The first-order valence-corrected chi connectivity index (χ1v) is 6.20. The molecule has 0 amide bonds. The monoisotopic (exact) mass is 355 g/mol. The predicted octanol–water partition coefficient (Wildman–Crippen LogP) is 2.79. The van der Waals surface area contributed by atoms with Gasteiger partial charge in [-0.3, -0.25) is 0 Å². The molecular weight excluding hydrogens is 343 g/mol. The van der Waals surface area contributed by atoms with E-state index in [1.807, 2.05) is 0 Å². The van der Waals surface area contributed by atoms with Gasteiger partial charge < -0.3 is 21.0 Å². The lowest BCUT2D eigenvalue weighted by atomic mass is 10.1. The molecule has 0 radical (unpaired) electrons. The second-order valence-electron chi connectivity index (χ2n) is 3.85. The summed E-state index contributed by atoms with van der Waals surface area (Å²) in [6, 6.07) is 4.82. The highest BCUT2D eigenvalue weighted by Crippen LogP contribution is 2.30.